The smallest absolute Gasteiger partial charge is 0.262 e. The lowest BCUT2D eigenvalue weighted by Gasteiger charge is -2.26. The summed E-state index contributed by atoms with van der Waals surface area (Å²) in [5.41, 5.74) is 3.64. The SMILES string of the molecule is Cl.NC(CO)(c1cccc(Br)c1)C(F)F. The van der Waals surface area contributed by atoms with E-state index in [0.717, 1.165) is 0 Å². The fraction of sp³-hybridized carbons (Fsp3) is 0.333. The first kappa shape index (κ1) is 14.8. The Hall–Kier alpha value is -0.230. The number of halogens is 4. The maximum Gasteiger partial charge on any atom is 0.262 e. The summed E-state index contributed by atoms with van der Waals surface area (Å²) in [6.07, 6.45) is -2.80. The van der Waals surface area contributed by atoms with Crippen molar-refractivity contribution in [2.45, 2.75) is 12.0 Å². The van der Waals surface area contributed by atoms with Crippen molar-refractivity contribution in [2.24, 2.45) is 5.73 Å². The molecule has 0 radical (unpaired) electrons. The van der Waals surface area contributed by atoms with Crippen LogP contribution in [0, 0.1) is 0 Å². The highest BCUT2D eigenvalue weighted by Gasteiger charge is 2.37. The van der Waals surface area contributed by atoms with Crippen molar-refractivity contribution in [1.82, 2.24) is 0 Å². The maximum atomic E-state index is 12.6. The van der Waals surface area contributed by atoms with Crippen LogP contribution in [0.2, 0.25) is 0 Å². The normalized spacial score (nSPS) is 14.5. The van der Waals surface area contributed by atoms with Gasteiger partial charge in [0.15, 0.2) is 0 Å². The lowest BCUT2D eigenvalue weighted by atomic mass is 9.92. The third-order valence-electron chi connectivity index (χ3n) is 2.01. The molecule has 3 N–H and O–H groups in total. The molecule has 0 amide bonds. The van der Waals surface area contributed by atoms with Gasteiger partial charge in [-0.15, -0.1) is 12.4 Å². The first-order chi connectivity index (χ1) is 6.50. The summed E-state index contributed by atoms with van der Waals surface area (Å²) in [6, 6.07) is 6.24. The van der Waals surface area contributed by atoms with Gasteiger partial charge in [0.1, 0.15) is 5.54 Å². The molecule has 2 nitrogen and oxygen atoms in total. The number of aliphatic hydroxyl groups excluding tert-OH is 1. The van der Waals surface area contributed by atoms with Gasteiger partial charge in [-0.05, 0) is 17.7 Å². The van der Waals surface area contributed by atoms with E-state index in [9.17, 15) is 8.78 Å². The molecule has 6 heteroatoms. The minimum atomic E-state index is -2.80. The van der Waals surface area contributed by atoms with E-state index in [4.69, 9.17) is 10.8 Å². The minimum absolute atomic E-state index is 0. The van der Waals surface area contributed by atoms with E-state index in [0.29, 0.717) is 4.47 Å². The number of rotatable bonds is 3. The fourth-order valence-corrected chi connectivity index (χ4v) is 1.46. The van der Waals surface area contributed by atoms with Crippen molar-refractivity contribution in [3.63, 3.8) is 0 Å². The molecule has 0 spiro atoms. The Labute approximate surface area is 101 Å². The van der Waals surface area contributed by atoms with Crippen LogP contribution < -0.4 is 5.73 Å². The van der Waals surface area contributed by atoms with Gasteiger partial charge in [0.2, 0.25) is 0 Å². The quantitative estimate of drug-likeness (QED) is 0.900. The van der Waals surface area contributed by atoms with E-state index in [1.807, 2.05) is 0 Å². The van der Waals surface area contributed by atoms with E-state index in [1.165, 1.54) is 12.1 Å². The highest BCUT2D eigenvalue weighted by molar-refractivity contribution is 9.10. The topological polar surface area (TPSA) is 46.2 Å². The van der Waals surface area contributed by atoms with Gasteiger partial charge in [-0.2, -0.15) is 0 Å². The van der Waals surface area contributed by atoms with Gasteiger partial charge in [-0.3, -0.25) is 0 Å². The Kier molecular flexibility index (Phi) is 5.66. The Balaban J connectivity index is 0.00000196. The predicted molar refractivity (Wildman–Crippen MR) is 60.3 cm³/mol. The molecule has 15 heavy (non-hydrogen) atoms. The van der Waals surface area contributed by atoms with E-state index >= 15 is 0 Å². The van der Waals surface area contributed by atoms with Gasteiger partial charge in [0.25, 0.3) is 6.43 Å². The molecule has 0 heterocycles. The van der Waals surface area contributed by atoms with Crippen molar-refractivity contribution in [2.75, 3.05) is 6.61 Å². The number of hydrogen-bond acceptors (Lipinski definition) is 2. The largest absolute Gasteiger partial charge is 0.394 e. The summed E-state index contributed by atoms with van der Waals surface area (Å²) in [5.74, 6) is 0. The van der Waals surface area contributed by atoms with Gasteiger partial charge < -0.3 is 10.8 Å². The molecule has 0 aliphatic rings. The molecule has 0 bridgehead atoms. The van der Waals surface area contributed by atoms with Crippen molar-refractivity contribution >= 4 is 28.3 Å². The molecular weight excluding hydrogens is 291 g/mol. The Morgan fingerprint density at radius 1 is 1.47 bits per heavy atom. The van der Waals surface area contributed by atoms with Crippen LogP contribution in [0.1, 0.15) is 5.56 Å². The van der Waals surface area contributed by atoms with Gasteiger partial charge in [0.05, 0.1) is 6.61 Å². The van der Waals surface area contributed by atoms with Gasteiger partial charge in [-0.1, -0.05) is 28.1 Å². The lowest BCUT2D eigenvalue weighted by Crippen LogP contribution is -2.47. The average molecular weight is 303 g/mol. The lowest BCUT2D eigenvalue weighted by molar-refractivity contribution is 0.0154. The molecule has 0 aliphatic heterocycles. The minimum Gasteiger partial charge on any atom is -0.394 e. The molecule has 1 aromatic carbocycles. The zero-order valence-corrected chi connectivity index (χ0v) is 10.1. The van der Waals surface area contributed by atoms with Crippen LogP contribution in [-0.2, 0) is 5.54 Å². The molecular formula is C9H11BrClF2NO. The van der Waals surface area contributed by atoms with Crippen LogP contribution in [0.5, 0.6) is 0 Å². The zero-order valence-electron chi connectivity index (χ0n) is 7.66. The van der Waals surface area contributed by atoms with Crippen molar-refractivity contribution in [3.8, 4) is 0 Å². The molecule has 1 unspecified atom stereocenters. The Morgan fingerprint density at radius 3 is 2.47 bits per heavy atom. The van der Waals surface area contributed by atoms with Crippen molar-refractivity contribution in [1.29, 1.82) is 0 Å². The van der Waals surface area contributed by atoms with Crippen LogP contribution in [0.3, 0.4) is 0 Å². The highest BCUT2D eigenvalue weighted by Crippen LogP contribution is 2.27. The molecule has 0 fully saturated rings. The van der Waals surface area contributed by atoms with Gasteiger partial charge >= 0.3 is 0 Å². The second-order valence-electron chi connectivity index (χ2n) is 3.01. The zero-order chi connectivity index (χ0) is 10.8. The maximum absolute atomic E-state index is 12.6. The van der Waals surface area contributed by atoms with Crippen molar-refractivity contribution < 1.29 is 13.9 Å². The molecule has 1 atom stereocenters. The van der Waals surface area contributed by atoms with E-state index in [1.54, 1.807) is 12.1 Å². The molecule has 1 rings (SSSR count). The van der Waals surface area contributed by atoms with Crippen LogP contribution >= 0.6 is 28.3 Å². The van der Waals surface area contributed by atoms with Gasteiger partial charge in [-0.25, -0.2) is 8.78 Å². The first-order valence-corrected chi connectivity index (χ1v) is 4.74. The highest BCUT2D eigenvalue weighted by atomic mass is 79.9. The Bertz CT molecular complexity index is 327. The summed E-state index contributed by atoms with van der Waals surface area (Å²) < 4.78 is 25.9. The van der Waals surface area contributed by atoms with Crippen LogP contribution in [0.25, 0.3) is 0 Å². The summed E-state index contributed by atoms with van der Waals surface area (Å²) >= 11 is 3.15. The second-order valence-corrected chi connectivity index (χ2v) is 3.93. The standard InChI is InChI=1S/C9H10BrF2NO.ClH/c10-7-3-1-2-6(4-7)9(13,5-14)8(11)12;/h1-4,8,14H,5,13H2;1H. The summed E-state index contributed by atoms with van der Waals surface area (Å²) in [5, 5.41) is 8.88. The van der Waals surface area contributed by atoms with Crippen LogP contribution in [-0.4, -0.2) is 18.1 Å². The molecule has 0 aromatic heterocycles. The summed E-state index contributed by atoms with van der Waals surface area (Å²) in [6.45, 7) is -0.791. The number of hydrogen-bond donors (Lipinski definition) is 2. The van der Waals surface area contributed by atoms with Gasteiger partial charge in [0, 0.05) is 4.47 Å². The third-order valence-corrected chi connectivity index (χ3v) is 2.51. The van der Waals surface area contributed by atoms with E-state index < -0.39 is 18.6 Å². The monoisotopic (exact) mass is 301 g/mol. The van der Waals surface area contributed by atoms with Crippen LogP contribution in [0.15, 0.2) is 28.7 Å². The van der Waals surface area contributed by atoms with E-state index in [2.05, 4.69) is 15.9 Å². The number of benzene rings is 1. The van der Waals surface area contributed by atoms with Crippen molar-refractivity contribution in [3.05, 3.63) is 34.3 Å². The fourth-order valence-electron chi connectivity index (χ4n) is 1.06. The molecule has 0 saturated heterocycles. The summed E-state index contributed by atoms with van der Waals surface area (Å²) in [7, 11) is 0. The average Bonchev–Trinajstić information content (AvgIpc) is 2.16. The number of alkyl halides is 2. The number of aliphatic hydroxyl groups is 1. The first-order valence-electron chi connectivity index (χ1n) is 3.94. The van der Waals surface area contributed by atoms with E-state index in [-0.39, 0.29) is 18.0 Å². The Morgan fingerprint density at radius 2 is 2.07 bits per heavy atom. The molecule has 0 aliphatic carbocycles. The number of nitrogens with two attached hydrogens (primary N) is 1. The molecule has 86 valence electrons. The predicted octanol–water partition coefficient (Wildman–Crippen LogP) is 2.28. The molecule has 1 aromatic rings. The second kappa shape index (κ2) is 5.75. The van der Waals surface area contributed by atoms with Crippen LogP contribution in [0.4, 0.5) is 8.78 Å². The summed E-state index contributed by atoms with van der Waals surface area (Å²) in [4.78, 5) is 0. The third kappa shape index (κ3) is 3.11. The molecule has 0 saturated carbocycles.